The number of allylic oxidation sites excluding steroid dienone is 2. The predicted molar refractivity (Wildman–Crippen MR) is 46.6 cm³/mol. The zero-order valence-electron chi connectivity index (χ0n) is 7.82. The average molecular weight is 200 g/mol. The molecule has 0 fully saturated rings. The molecule has 1 rings (SSSR count). The summed E-state index contributed by atoms with van der Waals surface area (Å²) in [6, 6.07) is 0. The third-order valence-electron chi connectivity index (χ3n) is 2.42. The van der Waals surface area contributed by atoms with Crippen molar-refractivity contribution in [1.29, 1.82) is 0 Å². The second-order valence-electron chi connectivity index (χ2n) is 3.29. The molecule has 1 unspecified atom stereocenters. The van der Waals surface area contributed by atoms with E-state index in [2.05, 4.69) is 4.74 Å². The van der Waals surface area contributed by atoms with E-state index in [0.29, 0.717) is 6.42 Å². The van der Waals surface area contributed by atoms with Gasteiger partial charge in [0, 0.05) is 6.42 Å². The maximum atomic E-state index is 11.3. The molecule has 0 bridgehead atoms. The Balaban J connectivity index is 3.00. The first-order valence-electron chi connectivity index (χ1n) is 4.23. The van der Waals surface area contributed by atoms with Gasteiger partial charge in [0.25, 0.3) is 0 Å². The van der Waals surface area contributed by atoms with Gasteiger partial charge in [-0.3, -0.25) is 9.59 Å². The van der Waals surface area contributed by atoms with Gasteiger partial charge in [0.15, 0.2) is 5.41 Å². The smallest absolute Gasteiger partial charge is 0.323 e. The molecule has 2 N–H and O–H groups in total. The van der Waals surface area contributed by atoms with Gasteiger partial charge in [-0.15, -0.1) is 0 Å². The zero-order valence-corrected chi connectivity index (χ0v) is 7.82. The number of hydrogen-bond donors (Lipinski definition) is 2. The van der Waals surface area contributed by atoms with Crippen LogP contribution in [0.5, 0.6) is 0 Å². The number of carbonyl (C=O) groups excluding carboxylic acids is 1. The summed E-state index contributed by atoms with van der Waals surface area (Å²) in [6.45, 7) is 0. The fraction of sp³-hybridized carbons (Fsp3) is 0.556. The van der Waals surface area contributed by atoms with Gasteiger partial charge >= 0.3 is 11.9 Å². The van der Waals surface area contributed by atoms with Gasteiger partial charge in [-0.2, -0.15) is 0 Å². The average Bonchev–Trinajstić information content (AvgIpc) is 2.16. The van der Waals surface area contributed by atoms with E-state index in [1.165, 1.54) is 6.08 Å². The number of carboxylic acids is 1. The van der Waals surface area contributed by atoms with Crippen LogP contribution < -0.4 is 0 Å². The fourth-order valence-electron chi connectivity index (χ4n) is 1.59. The van der Waals surface area contributed by atoms with E-state index >= 15 is 0 Å². The molecule has 0 saturated heterocycles. The lowest BCUT2D eigenvalue weighted by molar-refractivity contribution is -0.168. The summed E-state index contributed by atoms with van der Waals surface area (Å²) in [5, 5.41) is 18.2. The Morgan fingerprint density at radius 1 is 1.57 bits per heavy atom. The largest absolute Gasteiger partial charge is 0.513 e. The Hall–Kier alpha value is -1.52. The normalized spacial score (nSPS) is 26.5. The quantitative estimate of drug-likeness (QED) is 0.510. The van der Waals surface area contributed by atoms with Crippen molar-refractivity contribution in [1.82, 2.24) is 0 Å². The molecule has 0 aromatic rings. The van der Waals surface area contributed by atoms with Gasteiger partial charge in [-0.05, 0) is 18.9 Å². The Morgan fingerprint density at radius 2 is 2.21 bits per heavy atom. The minimum Gasteiger partial charge on any atom is -0.513 e. The van der Waals surface area contributed by atoms with E-state index in [9.17, 15) is 14.7 Å². The molecule has 0 aromatic carbocycles. The predicted octanol–water partition coefficient (Wildman–Crippen LogP) is 0.856. The lowest BCUT2D eigenvalue weighted by Crippen LogP contribution is -2.41. The van der Waals surface area contributed by atoms with Gasteiger partial charge in [0.2, 0.25) is 0 Å². The van der Waals surface area contributed by atoms with Crippen LogP contribution in [0.4, 0.5) is 0 Å². The van der Waals surface area contributed by atoms with Crippen molar-refractivity contribution in [3.8, 4) is 0 Å². The molecular formula is C9H12O5. The second kappa shape index (κ2) is 3.69. The summed E-state index contributed by atoms with van der Waals surface area (Å²) in [7, 11) is 1.14. The zero-order chi connectivity index (χ0) is 10.8. The first kappa shape index (κ1) is 10.6. The molecule has 1 aliphatic rings. The summed E-state index contributed by atoms with van der Waals surface area (Å²) in [4.78, 5) is 22.3. The summed E-state index contributed by atoms with van der Waals surface area (Å²) in [6.07, 6.45) is 1.87. The van der Waals surface area contributed by atoms with E-state index in [-0.39, 0.29) is 18.6 Å². The molecule has 1 atom stereocenters. The van der Waals surface area contributed by atoms with Crippen LogP contribution in [0.25, 0.3) is 0 Å². The molecule has 5 nitrogen and oxygen atoms in total. The van der Waals surface area contributed by atoms with Crippen LogP contribution in [-0.2, 0) is 14.3 Å². The standard InChI is InChI=1S/C9H12O5/c1-14-8(13)9(7(11)12)4-2-3-6(10)5-9/h3,10H,2,4-5H2,1H3,(H,11,12). The molecular weight excluding hydrogens is 188 g/mol. The van der Waals surface area contributed by atoms with Gasteiger partial charge in [-0.25, -0.2) is 0 Å². The molecule has 1 aliphatic carbocycles. The highest BCUT2D eigenvalue weighted by Gasteiger charge is 2.48. The molecule has 0 saturated carbocycles. The van der Waals surface area contributed by atoms with E-state index in [4.69, 9.17) is 5.11 Å². The third-order valence-corrected chi connectivity index (χ3v) is 2.42. The van der Waals surface area contributed by atoms with E-state index in [1.807, 2.05) is 0 Å². The summed E-state index contributed by atoms with van der Waals surface area (Å²) >= 11 is 0. The van der Waals surface area contributed by atoms with Crippen LogP contribution in [0.1, 0.15) is 19.3 Å². The number of hydrogen-bond acceptors (Lipinski definition) is 4. The van der Waals surface area contributed by atoms with Crippen molar-refractivity contribution in [2.45, 2.75) is 19.3 Å². The SMILES string of the molecule is COC(=O)C1(C(=O)O)CCC=C(O)C1. The van der Waals surface area contributed by atoms with Gasteiger partial charge in [-0.1, -0.05) is 0 Å². The number of aliphatic hydroxyl groups is 1. The molecule has 0 aromatic heterocycles. The lowest BCUT2D eigenvalue weighted by Gasteiger charge is -2.28. The highest BCUT2D eigenvalue weighted by Crippen LogP contribution is 2.36. The van der Waals surface area contributed by atoms with Crippen LogP contribution >= 0.6 is 0 Å². The van der Waals surface area contributed by atoms with Crippen molar-refractivity contribution < 1.29 is 24.5 Å². The Bertz CT molecular complexity index is 294. The molecule has 0 radical (unpaired) electrons. The van der Waals surface area contributed by atoms with Crippen molar-refractivity contribution in [2.24, 2.45) is 5.41 Å². The number of ether oxygens (including phenoxy) is 1. The topological polar surface area (TPSA) is 83.8 Å². The van der Waals surface area contributed by atoms with Gasteiger partial charge < -0.3 is 14.9 Å². The maximum Gasteiger partial charge on any atom is 0.323 e. The molecule has 5 heteroatoms. The van der Waals surface area contributed by atoms with E-state index < -0.39 is 17.4 Å². The third kappa shape index (κ3) is 1.57. The van der Waals surface area contributed by atoms with E-state index in [1.54, 1.807) is 0 Å². The first-order chi connectivity index (χ1) is 6.53. The number of esters is 1. The van der Waals surface area contributed by atoms with Crippen LogP contribution in [0, 0.1) is 5.41 Å². The minimum absolute atomic E-state index is 0.0657. The Morgan fingerprint density at radius 3 is 2.64 bits per heavy atom. The number of methoxy groups -OCH3 is 1. The summed E-state index contributed by atoms with van der Waals surface area (Å²) in [5.41, 5.74) is -1.60. The fourth-order valence-corrected chi connectivity index (χ4v) is 1.59. The number of aliphatic carboxylic acids is 1. The Labute approximate surface area is 81.0 Å². The maximum absolute atomic E-state index is 11.3. The molecule has 0 spiro atoms. The first-order valence-corrected chi connectivity index (χ1v) is 4.23. The second-order valence-corrected chi connectivity index (χ2v) is 3.29. The van der Waals surface area contributed by atoms with Crippen molar-refractivity contribution in [2.75, 3.05) is 7.11 Å². The van der Waals surface area contributed by atoms with Crippen LogP contribution in [0.2, 0.25) is 0 Å². The van der Waals surface area contributed by atoms with Crippen molar-refractivity contribution >= 4 is 11.9 Å². The molecule has 0 heterocycles. The highest BCUT2D eigenvalue weighted by atomic mass is 16.5. The van der Waals surface area contributed by atoms with Gasteiger partial charge in [0.05, 0.1) is 12.9 Å². The molecule has 78 valence electrons. The van der Waals surface area contributed by atoms with Crippen molar-refractivity contribution in [3.63, 3.8) is 0 Å². The molecule has 0 amide bonds. The number of carboxylic acid groups (broad SMARTS) is 1. The number of rotatable bonds is 2. The summed E-state index contributed by atoms with van der Waals surface area (Å²) in [5.74, 6) is -2.11. The minimum atomic E-state index is -1.60. The molecule has 14 heavy (non-hydrogen) atoms. The van der Waals surface area contributed by atoms with Crippen LogP contribution in [0.15, 0.2) is 11.8 Å². The van der Waals surface area contributed by atoms with Gasteiger partial charge in [0.1, 0.15) is 0 Å². The number of aliphatic hydroxyl groups excluding tert-OH is 1. The number of carbonyl (C=O) groups is 2. The highest BCUT2D eigenvalue weighted by molar-refractivity contribution is 5.99. The summed E-state index contributed by atoms with van der Waals surface area (Å²) < 4.78 is 4.44. The van der Waals surface area contributed by atoms with Crippen LogP contribution in [-0.4, -0.2) is 29.3 Å². The lowest BCUT2D eigenvalue weighted by atomic mass is 9.76. The molecule has 0 aliphatic heterocycles. The van der Waals surface area contributed by atoms with E-state index in [0.717, 1.165) is 7.11 Å². The monoisotopic (exact) mass is 200 g/mol. The van der Waals surface area contributed by atoms with Crippen molar-refractivity contribution in [3.05, 3.63) is 11.8 Å². The Kier molecular flexibility index (Phi) is 2.78. The van der Waals surface area contributed by atoms with Crippen LogP contribution in [0.3, 0.4) is 0 Å².